The number of hydrogen-bond acceptors (Lipinski definition) is 5. The van der Waals surface area contributed by atoms with Crippen molar-refractivity contribution < 1.29 is 0 Å². The molecule has 1 atom stereocenters. The van der Waals surface area contributed by atoms with E-state index in [4.69, 9.17) is 10.7 Å². The molecule has 5 heteroatoms. The van der Waals surface area contributed by atoms with Gasteiger partial charge in [0, 0.05) is 32.4 Å². The average Bonchev–Trinajstić information content (AvgIpc) is 2.79. The third-order valence-electron chi connectivity index (χ3n) is 5.44. The Balaban J connectivity index is 1.93. The van der Waals surface area contributed by atoms with Gasteiger partial charge in [0.25, 0.3) is 0 Å². The van der Waals surface area contributed by atoms with Crippen LogP contribution < -0.4 is 16.4 Å². The van der Waals surface area contributed by atoms with Crippen LogP contribution >= 0.6 is 0 Å². The Hall–Kier alpha value is -3.05. The fraction of sp³-hybridized carbons (Fsp3) is 0.320. The number of hydrogen-bond donors (Lipinski definition) is 3. The smallest absolute Gasteiger partial charge is 0.126 e. The van der Waals surface area contributed by atoms with Crippen LogP contribution in [-0.4, -0.2) is 36.1 Å². The summed E-state index contributed by atoms with van der Waals surface area (Å²) in [6, 6.07) is 14.8. The third kappa shape index (κ3) is 5.30. The summed E-state index contributed by atoms with van der Waals surface area (Å²) in [5, 5.41) is 6.67. The molecule has 1 aliphatic rings. The van der Waals surface area contributed by atoms with E-state index in [1.807, 2.05) is 25.2 Å². The Morgan fingerprint density at radius 1 is 1.20 bits per heavy atom. The number of aromatic nitrogens is 1. The molecule has 5 nitrogen and oxygen atoms in total. The van der Waals surface area contributed by atoms with E-state index in [1.165, 1.54) is 11.1 Å². The van der Waals surface area contributed by atoms with Gasteiger partial charge < -0.3 is 21.3 Å². The summed E-state index contributed by atoms with van der Waals surface area (Å²) in [6.07, 6.45) is 7.64. The lowest BCUT2D eigenvalue weighted by Gasteiger charge is -2.27. The van der Waals surface area contributed by atoms with Crippen LogP contribution in [0.1, 0.15) is 37.1 Å². The second-order valence-corrected chi connectivity index (χ2v) is 7.72. The van der Waals surface area contributed by atoms with Crippen LogP contribution in [0.4, 0.5) is 5.82 Å². The topological polar surface area (TPSA) is 66.2 Å². The van der Waals surface area contributed by atoms with Crippen molar-refractivity contribution in [1.29, 1.82) is 0 Å². The fourth-order valence-electron chi connectivity index (χ4n) is 3.28. The monoisotopic (exact) mass is 403 g/mol. The van der Waals surface area contributed by atoms with Gasteiger partial charge in [-0.3, -0.25) is 0 Å². The predicted octanol–water partition coefficient (Wildman–Crippen LogP) is 4.36. The second kappa shape index (κ2) is 10.1. The average molecular weight is 404 g/mol. The summed E-state index contributed by atoms with van der Waals surface area (Å²) in [7, 11) is 1.87. The zero-order chi connectivity index (χ0) is 21.5. The number of nitrogens with two attached hydrogens (primary N) is 1. The minimum Gasteiger partial charge on any atom is -0.396 e. The highest BCUT2D eigenvalue weighted by atomic mass is 15.1. The summed E-state index contributed by atoms with van der Waals surface area (Å²) in [4.78, 5) is 6.93. The number of nitrogens with one attached hydrogen (secondary N) is 2. The van der Waals surface area contributed by atoms with E-state index in [-0.39, 0.29) is 0 Å². The first-order chi connectivity index (χ1) is 14.5. The van der Waals surface area contributed by atoms with Crippen LogP contribution in [0.15, 0.2) is 66.4 Å². The number of nitrogens with zero attached hydrogens (tertiary/aromatic N) is 2. The highest BCUT2D eigenvalue weighted by Gasteiger charge is 2.18. The van der Waals surface area contributed by atoms with Crippen molar-refractivity contribution in [2.24, 2.45) is 5.73 Å². The Bertz CT molecular complexity index is 940. The Kier molecular flexibility index (Phi) is 7.31. The van der Waals surface area contributed by atoms with Crippen molar-refractivity contribution in [3.8, 4) is 0 Å². The molecule has 158 valence electrons. The standard InChI is InChI=1S/C25H33N5/c1-5-19(3)28-17-20-13-15-30(16-14-20)25(22-7-6-8-23(27-4)29-22)24(26)21-11-9-18(2)10-12-21/h6-15,19,28H,5,16-17,26H2,1-4H3,(H,27,29)/b25-24-. The lowest BCUT2D eigenvalue weighted by Crippen LogP contribution is -2.29. The largest absolute Gasteiger partial charge is 0.396 e. The molecule has 0 spiro atoms. The molecule has 1 unspecified atom stereocenters. The van der Waals surface area contributed by atoms with E-state index in [0.29, 0.717) is 6.04 Å². The second-order valence-electron chi connectivity index (χ2n) is 7.72. The number of rotatable bonds is 8. The highest BCUT2D eigenvalue weighted by Crippen LogP contribution is 2.28. The Morgan fingerprint density at radius 3 is 2.60 bits per heavy atom. The van der Waals surface area contributed by atoms with Gasteiger partial charge in [0.05, 0.1) is 17.1 Å². The van der Waals surface area contributed by atoms with Gasteiger partial charge in [0.2, 0.25) is 0 Å². The van der Waals surface area contributed by atoms with Crippen LogP contribution in [0.2, 0.25) is 0 Å². The number of benzene rings is 1. The van der Waals surface area contributed by atoms with Crippen LogP contribution in [0.25, 0.3) is 11.4 Å². The first-order valence-corrected chi connectivity index (χ1v) is 10.6. The molecular weight excluding hydrogens is 370 g/mol. The van der Waals surface area contributed by atoms with Crippen LogP contribution in [0.3, 0.4) is 0 Å². The molecule has 0 radical (unpaired) electrons. The molecular formula is C25H33N5. The van der Waals surface area contributed by atoms with Crippen LogP contribution in [0.5, 0.6) is 0 Å². The summed E-state index contributed by atoms with van der Waals surface area (Å²) in [5.74, 6) is 0.816. The van der Waals surface area contributed by atoms with Gasteiger partial charge in [0.1, 0.15) is 5.82 Å². The molecule has 1 aliphatic heterocycles. The Labute approximate surface area is 180 Å². The van der Waals surface area contributed by atoms with E-state index < -0.39 is 0 Å². The van der Waals surface area contributed by atoms with Gasteiger partial charge in [-0.2, -0.15) is 0 Å². The van der Waals surface area contributed by atoms with Crippen LogP contribution in [0, 0.1) is 6.92 Å². The summed E-state index contributed by atoms with van der Waals surface area (Å²) in [6.45, 7) is 8.11. The van der Waals surface area contributed by atoms with E-state index in [0.717, 1.165) is 48.0 Å². The highest BCUT2D eigenvalue weighted by molar-refractivity contribution is 5.88. The molecule has 0 saturated carbocycles. The number of pyridine rings is 1. The quantitative estimate of drug-likeness (QED) is 0.611. The fourth-order valence-corrected chi connectivity index (χ4v) is 3.28. The van der Waals surface area contributed by atoms with E-state index in [1.54, 1.807) is 0 Å². The maximum absolute atomic E-state index is 6.71. The van der Waals surface area contributed by atoms with Gasteiger partial charge >= 0.3 is 0 Å². The first-order valence-electron chi connectivity index (χ1n) is 10.6. The number of aryl methyl sites for hydroxylation is 1. The predicted molar refractivity (Wildman–Crippen MR) is 128 cm³/mol. The molecule has 0 saturated heterocycles. The number of anilines is 1. The zero-order valence-electron chi connectivity index (χ0n) is 18.4. The van der Waals surface area contributed by atoms with E-state index in [9.17, 15) is 0 Å². The molecule has 1 aromatic heterocycles. The maximum Gasteiger partial charge on any atom is 0.126 e. The molecule has 3 rings (SSSR count). The molecule has 2 aromatic rings. The van der Waals surface area contributed by atoms with Gasteiger partial charge in [0.15, 0.2) is 0 Å². The lowest BCUT2D eigenvalue weighted by molar-refractivity contribution is 0.549. The molecule has 4 N–H and O–H groups in total. The van der Waals surface area contributed by atoms with Crippen molar-refractivity contribution in [2.45, 2.75) is 33.2 Å². The van der Waals surface area contributed by atoms with Crippen molar-refractivity contribution in [3.05, 3.63) is 83.2 Å². The molecule has 0 bridgehead atoms. The minimum atomic E-state index is 0.512. The van der Waals surface area contributed by atoms with Gasteiger partial charge in [-0.1, -0.05) is 48.9 Å². The summed E-state index contributed by atoms with van der Waals surface area (Å²) >= 11 is 0. The lowest BCUT2D eigenvalue weighted by atomic mass is 10.0. The molecule has 2 heterocycles. The van der Waals surface area contributed by atoms with Crippen molar-refractivity contribution >= 4 is 17.2 Å². The zero-order valence-corrected chi connectivity index (χ0v) is 18.4. The molecule has 1 aromatic carbocycles. The van der Waals surface area contributed by atoms with Crippen molar-refractivity contribution in [3.63, 3.8) is 0 Å². The van der Waals surface area contributed by atoms with Gasteiger partial charge in [-0.25, -0.2) is 4.98 Å². The third-order valence-corrected chi connectivity index (χ3v) is 5.44. The van der Waals surface area contributed by atoms with Gasteiger partial charge in [-0.15, -0.1) is 0 Å². The molecule has 0 aliphatic carbocycles. The molecule has 30 heavy (non-hydrogen) atoms. The summed E-state index contributed by atoms with van der Waals surface area (Å²) in [5.41, 5.74) is 12.7. The van der Waals surface area contributed by atoms with Crippen molar-refractivity contribution in [2.75, 3.05) is 25.5 Å². The van der Waals surface area contributed by atoms with E-state index in [2.05, 4.69) is 78.9 Å². The van der Waals surface area contributed by atoms with Crippen molar-refractivity contribution in [1.82, 2.24) is 15.2 Å². The Morgan fingerprint density at radius 2 is 1.97 bits per heavy atom. The van der Waals surface area contributed by atoms with Gasteiger partial charge in [-0.05, 0) is 49.6 Å². The minimum absolute atomic E-state index is 0.512. The molecule has 0 fully saturated rings. The summed E-state index contributed by atoms with van der Waals surface area (Å²) < 4.78 is 0. The normalized spacial score (nSPS) is 15.5. The van der Waals surface area contributed by atoms with E-state index >= 15 is 0 Å². The maximum atomic E-state index is 6.71. The molecule has 0 amide bonds. The first kappa shape index (κ1) is 21.7. The SMILES string of the molecule is CCC(C)NCC1=CCN(/C(=C(\N)c2ccc(C)cc2)c2cccc(NC)n2)C=C1. The van der Waals surface area contributed by atoms with Crippen LogP contribution in [-0.2, 0) is 0 Å².